The van der Waals surface area contributed by atoms with Gasteiger partial charge < -0.3 is 24.9 Å². The maximum Gasteiger partial charge on any atom is 0.430 e. The Bertz CT molecular complexity index is 1870. The highest BCUT2D eigenvalue weighted by Gasteiger charge is 2.29. The lowest BCUT2D eigenvalue weighted by molar-refractivity contribution is -0.391. The number of carboxylic acid groups (broad SMARTS) is 1. The van der Waals surface area contributed by atoms with Gasteiger partial charge >= 0.3 is 6.18 Å². The maximum absolute atomic E-state index is 13.5. The number of aromatic nitrogens is 7. The Hall–Kier alpha value is -5.54. The number of methoxy groups -OCH3 is 1. The molecule has 16 heteroatoms. The molecule has 0 aliphatic heterocycles. The standard InChI is InChI=1S/C31H36N8O3.C2HF3O2/c1-4-22(40)11-6-5-7-12-27(34-29(41)17-24-19(2)33-26-14-13-23(42-3)16-25(24)26)31-32-18-28(35-31)20-9-8-10-21(15-20)30-36-38-39-37-30;3-2(4,5)1(6)7/h8-10,13-16,18,27,33H,4-7,11-12,17H2,1-3H3,(H,32,35)(H,34,41)(H,36,37,38,39);(H,6,7)/t27-;/m0./s1. The molecule has 2 aromatic carbocycles. The number of carboxylic acids is 1. The predicted octanol–water partition coefficient (Wildman–Crippen LogP) is 4.10. The van der Waals surface area contributed by atoms with Gasteiger partial charge in [0.1, 0.15) is 29.7 Å². The van der Waals surface area contributed by atoms with Crippen molar-refractivity contribution in [2.45, 2.75) is 71.0 Å². The molecule has 0 radical (unpaired) electrons. The van der Waals surface area contributed by atoms with E-state index in [1.54, 1.807) is 7.11 Å². The zero-order chi connectivity index (χ0) is 35.6. The molecule has 3 aromatic heterocycles. The Kier molecular flexibility index (Phi) is 12.2. The van der Waals surface area contributed by atoms with E-state index in [0.29, 0.717) is 18.7 Å². The number of nitrogens with zero attached hydrogens (tertiary/aromatic N) is 3. The molecular formula is C33H37F3N8O5. The Morgan fingerprint density at radius 2 is 1.82 bits per heavy atom. The number of carbonyl (C=O) groups is 3. The number of ether oxygens (including phenoxy) is 1. The fourth-order valence-electron chi connectivity index (χ4n) is 5.26. The molecule has 0 spiro atoms. The summed E-state index contributed by atoms with van der Waals surface area (Å²) in [6.45, 7) is 3.88. The summed E-state index contributed by atoms with van der Waals surface area (Å²) in [6, 6.07) is 13.4. The number of aryl methyl sites for hydroxylation is 1. The van der Waals surface area contributed by atoms with E-state index < -0.39 is 12.1 Å². The number of benzene rings is 2. The summed E-state index contributed by atoms with van der Waals surface area (Å²) in [5.74, 6) is -0.714. The third-order valence-corrected chi connectivity index (χ3v) is 7.84. The first-order chi connectivity index (χ1) is 23.4. The molecule has 49 heavy (non-hydrogen) atoms. The minimum Gasteiger partial charge on any atom is -0.542 e. The number of amides is 1. The summed E-state index contributed by atoms with van der Waals surface area (Å²) < 4.78 is 37.0. The van der Waals surface area contributed by atoms with Gasteiger partial charge in [-0.15, -0.1) is 10.2 Å². The van der Waals surface area contributed by atoms with E-state index in [2.05, 4.69) is 40.9 Å². The zero-order valence-corrected chi connectivity index (χ0v) is 27.2. The maximum atomic E-state index is 13.5. The molecule has 0 bridgehead atoms. The number of halogens is 3. The average Bonchev–Trinajstić information content (AvgIpc) is 3.85. The molecular weight excluding hydrogens is 645 g/mol. The van der Waals surface area contributed by atoms with Crippen molar-refractivity contribution in [3.05, 3.63) is 65.7 Å². The number of fused-ring (bicyclic) bond motifs is 1. The average molecular weight is 683 g/mol. The molecule has 1 atom stereocenters. The fourth-order valence-corrected chi connectivity index (χ4v) is 5.26. The summed E-state index contributed by atoms with van der Waals surface area (Å²) in [4.78, 5) is 44.2. The van der Waals surface area contributed by atoms with Gasteiger partial charge in [0.2, 0.25) is 11.7 Å². The lowest BCUT2D eigenvalue weighted by Gasteiger charge is -2.14. The molecule has 0 unspecified atom stereocenters. The Labute approximate surface area is 279 Å². The lowest BCUT2D eigenvalue weighted by Crippen LogP contribution is -2.37. The number of H-pyrrole nitrogens is 4. The van der Waals surface area contributed by atoms with Gasteiger partial charge in [0.25, 0.3) is 5.82 Å². The van der Waals surface area contributed by atoms with Crippen LogP contribution in [0.25, 0.3) is 33.5 Å². The molecule has 5 rings (SSSR count). The summed E-state index contributed by atoms with van der Waals surface area (Å²) in [6.07, 6.45) is 1.50. The van der Waals surface area contributed by atoms with E-state index in [-0.39, 0.29) is 24.2 Å². The van der Waals surface area contributed by atoms with E-state index in [1.165, 1.54) is 0 Å². The lowest BCUT2D eigenvalue weighted by atomic mass is 10.0. The van der Waals surface area contributed by atoms with Crippen LogP contribution in [0.5, 0.6) is 5.75 Å². The largest absolute Gasteiger partial charge is 0.542 e. The van der Waals surface area contributed by atoms with Crippen molar-refractivity contribution in [3.8, 4) is 28.4 Å². The van der Waals surface area contributed by atoms with Crippen LogP contribution in [-0.4, -0.2) is 61.5 Å². The number of tetrazole rings is 1. The number of Topliss-reactive ketones (excluding diaryl/α,β-unsaturated/α-hetero) is 1. The van der Waals surface area contributed by atoms with Crippen molar-refractivity contribution in [2.75, 3.05) is 7.11 Å². The summed E-state index contributed by atoms with van der Waals surface area (Å²) in [5, 5.41) is 27.3. The van der Waals surface area contributed by atoms with Gasteiger partial charge in [-0.2, -0.15) is 18.4 Å². The number of nitrogens with one attached hydrogen (secondary N) is 5. The summed E-state index contributed by atoms with van der Waals surface area (Å²) >= 11 is 0. The number of aromatic amines is 4. The van der Waals surface area contributed by atoms with Gasteiger partial charge in [-0.1, -0.05) is 38.0 Å². The van der Waals surface area contributed by atoms with Gasteiger partial charge in [0.15, 0.2) is 5.69 Å². The van der Waals surface area contributed by atoms with Gasteiger partial charge in [-0.25, -0.2) is 9.97 Å². The Morgan fingerprint density at radius 1 is 1.06 bits per heavy atom. The number of aliphatic carboxylic acids is 1. The molecule has 0 aliphatic rings. The normalized spacial score (nSPS) is 11.9. The first-order valence-corrected chi connectivity index (χ1v) is 15.6. The minimum atomic E-state index is -5.19. The number of rotatable bonds is 14. The molecule has 1 amide bonds. The van der Waals surface area contributed by atoms with Gasteiger partial charge in [0, 0.05) is 40.6 Å². The van der Waals surface area contributed by atoms with Crippen LogP contribution < -0.4 is 20.1 Å². The van der Waals surface area contributed by atoms with Crippen molar-refractivity contribution in [1.82, 2.24) is 35.9 Å². The van der Waals surface area contributed by atoms with Crippen LogP contribution in [0.2, 0.25) is 0 Å². The topological polar surface area (TPSA) is 196 Å². The first kappa shape index (κ1) is 36.3. The van der Waals surface area contributed by atoms with Crippen molar-refractivity contribution >= 4 is 28.6 Å². The zero-order valence-electron chi connectivity index (χ0n) is 27.2. The predicted molar refractivity (Wildman–Crippen MR) is 170 cm³/mol. The molecule has 260 valence electrons. The van der Waals surface area contributed by atoms with Crippen LogP contribution in [0, 0.1) is 6.92 Å². The third kappa shape index (κ3) is 9.98. The molecule has 3 heterocycles. The van der Waals surface area contributed by atoms with Crippen LogP contribution in [0.3, 0.4) is 0 Å². The van der Waals surface area contributed by atoms with Crippen molar-refractivity contribution < 1.29 is 42.4 Å². The van der Waals surface area contributed by atoms with Crippen molar-refractivity contribution in [2.24, 2.45) is 0 Å². The quantitative estimate of drug-likeness (QED) is 0.126. The molecule has 0 saturated heterocycles. The summed E-state index contributed by atoms with van der Waals surface area (Å²) in [7, 11) is 1.64. The van der Waals surface area contributed by atoms with Crippen molar-refractivity contribution in [3.63, 3.8) is 0 Å². The van der Waals surface area contributed by atoms with Gasteiger partial charge in [-0.05, 0) is 54.8 Å². The highest BCUT2D eigenvalue weighted by atomic mass is 19.4. The smallest absolute Gasteiger partial charge is 0.430 e. The molecule has 5 N–H and O–H groups in total. The van der Waals surface area contributed by atoms with E-state index >= 15 is 0 Å². The minimum absolute atomic E-state index is 0.0726. The first-order valence-electron chi connectivity index (χ1n) is 15.6. The molecule has 13 nitrogen and oxygen atoms in total. The molecule has 5 aromatic rings. The van der Waals surface area contributed by atoms with E-state index in [4.69, 9.17) is 14.6 Å². The number of imidazole rings is 1. The van der Waals surface area contributed by atoms with Crippen LogP contribution in [0.1, 0.15) is 68.6 Å². The Morgan fingerprint density at radius 3 is 2.49 bits per heavy atom. The van der Waals surface area contributed by atoms with Gasteiger partial charge in [-0.3, -0.25) is 9.59 Å². The van der Waals surface area contributed by atoms with E-state index in [1.807, 2.05) is 62.5 Å². The van der Waals surface area contributed by atoms with Gasteiger partial charge in [0.05, 0.1) is 13.5 Å². The molecule has 0 fully saturated rings. The monoisotopic (exact) mass is 682 g/mol. The highest BCUT2D eigenvalue weighted by Crippen LogP contribution is 2.28. The number of ketones is 1. The number of unbranched alkanes of at least 4 members (excludes halogenated alkanes) is 2. The summed E-state index contributed by atoms with van der Waals surface area (Å²) in [5.41, 5.74) is 5.55. The second-order valence-electron chi connectivity index (χ2n) is 11.3. The second kappa shape index (κ2) is 16.5. The number of hydrogen-bond donors (Lipinski definition) is 4. The fraction of sp³-hybridized carbons (Fsp3) is 0.364. The van der Waals surface area contributed by atoms with E-state index in [0.717, 1.165) is 76.2 Å². The molecule has 0 saturated carbocycles. The van der Waals surface area contributed by atoms with Crippen LogP contribution in [-0.2, 0) is 20.8 Å². The Balaban J connectivity index is 0.000000698. The third-order valence-electron chi connectivity index (χ3n) is 7.84. The number of carbonyl (C=O) groups excluding carboxylic acids is 3. The number of hydrogen-bond acceptors (Lipinski definition) is 8. The second-order valence-corrected chi connectivity index (χ2v) is 11.3. The van der Waals surface area contributed by atoms with E-state index in [9.17, 15) is 22.8 Å². The van der Waals surface area contributed by atoms with Crippen LogP contribution in [0.15, 0.2) is 48.7 Å². The highest BCUT2D eigenvalue weighted by molar-refractivity contribution is 5.91. The number of alkyl halides is 3. The van der Waals surface area contributed by atoms with Crippen molar-refractivity contribution in [1.29, 1.82) is 0 Å². The SMILES string of the molecule is CCC(=O)CCCCC[C@H](NC(=O)Cc1c(C)[nH]c2ccc(OC)cc12)c1[nH]c(-c2cccc(-c3nn[nH]n3)c2)c[nH+]1.O=C([O-])C(F)(F)F. The van der Waals surface area contributed by atoms with Crippen LogP contribution >= 0.6 is 0 Å². The molecule has 0 aliphatic carbocycles. The van der Waals surface area contributed by atoms with Crippen LogP contribution in [0.4, 0.5) is 13.2 Å².